The number of rotatable bonds is 4. The number of hydrogen-bond acceptors (Lipinski definition) is 3. The lowest BCUT2D eigenvalue weighted by atomic mass is 10.0. The maximum absolute atomic E-state index is 9.03. The maximum Gasteiger partial charge on any atom is 0.0431 e. The number of fused-ring (bicyclic) bond motifs is 1. The highest BCUT2D eigenvalue weighted by molar-refractivity contribution is 5.47. The minimum absolute atomic E-state index is 0.322. The molecule has 0 saturated carbocycles. The number of aryl methyl sites for hydroxylation is 1. The zero-order valence-electron chi connectivity index (χ0n) is 11.5. The van der Waals surface area contributed by atoms with Gasteiger partial charge in [-0.2, -0.15) is 0 Å². The zero-order valence-corrected chi connectivity index (χ0v) is 11.5. The molecular weight excluding hydrogens is 236 g/mol. The van der Waals surface area contributed by atoms with Gasteiger partial charge in [0.25, 0.3) is 0 Å². The van der Waals surface area contributed by atoms with Crippen LogP contribution in [0.4, 0.5) is 5.69 Å². The highest BCUT2D eigenvalue weighted by Gasteiger charge is 2.34. The Morgan fingerprint density at radius 3 is 3.05 bits per heavy atom. The Balaban J connectivity index is 1.77. The largest absolute Gasteiger partial charge is 0.399 e. The van der Waals surface area contributed by atoms with E-state index < -0.39 is 0 Å². The molecule has 1 aliphatic heterocycles. The number of nitrogens with two attached hydrogens (primary N) is 1. The van der Waals surface area contributed by atoms with Crippen LogP contribution in [-0.4, -0.2) is 29.2 Å². The van der Waals surface area contributed by atoms with E-state index in [9.17, 15) is 0 Å². The Hall–Kier alpha value is -1.06. The Bertz CT molecular complexity index is 446. The molecule has 2 atom stereocenters. The van der Waals surface area contributed by atoms with Crippen molar-refractivity contribution in [2.24, 2.45) is 0 Å². The van der Waals surface area contributed by atoms with E-state index in [1.54, 1.807) is 0 Å². The van der Waals surface area contributed by atoms with Crippen LogP contribution < -0.4 is 5.73 Å². The topological polar surface area (TPSA) is 49.5 Å². The normalized spacial score (nSPS) is 26.8. The number of hydrogen-bond donors (Lipinski definition) is 2. The first-order valence-electron chi connectivity index (χ1n) is 7.54. The summed E-state index contributed by atoms with van der Waals surface area (Å²) in [5, 5.41) is 9.03. The molecular formula is C16H24N2O. The summed E-state index contributed by atoms with van der Waals surface area (Å²) in [6.45, 7) is 1.53. The number of benzene rings is 1. The van der Waals surface area contributed by atoms with Gasteiger partial charge in [0.1, 0.15) is 0 Å². The van der Waals surface area contributed by atoms with Gasteiger partial charge in [0.2, 0.25) is 0 Å². The second kappa shape index (κ2) is 5.51. The number of aliphatic hydroxyl groups excluding tert-OH is 1. The van der Waals surface area contributed by atoms with Crippen molar-refractivity contribution in [3.8, 4) is 0 Å². The fourth-order valence-corrected chi connectivity index (χ4v) is 3.86. The Labute approximate surface area is 115 Å². The molecule has 1 aromatic carbocycles. The van der Waals surface area contributed by atoms with Gasteiger partial charge in [-0.05, 0) is 68.3 Å². The Kier molecular flexibility index (Phi) is 3.76. The molecule has 1 aromatic rings. The number of nitrogens with zero attached hydrogens (tertiary/aromatic N) is 1. The fourth-order valence-electron chi connectivity index (χ4n) is 3.86. The number of likely N-dealkylation sites (tertiary alicyclic amines) is 1. The first-order valence-corrected chi connectivity index (χ1v) is 7.54. The van der Waals surface area contributed by atoms with Crippen LogP contribution in [0.2, 0.25) is 0 Å². The molecule has 1 heterocycles. The summed E-state index contributed by atoms with van der Waals surface area (Å²) in [5.41, 5.74) is 9.70. The summed E-state index contributed by atoms with van der Waals surface area (Å²) in [6.07, 6.45) is 7.06. The molecule has 3 nitrogen and oxygen atoms in total. The summed E-state index contributed by atoms with van der Waals surface area (Å²) in [5.74, 6) is 0. The number of nitrogen functional groups attached to an aromatic ring is 1. The molecule has 1 fully saturated rings. The van der Waals surface area contributed by atoms with Crippen LogP contribution in [0.3, 0.4) is 0 Å². The van der Waals surface area contributed by atoms with Crippen LogP contribution >= 0.6 is 0 Å². The molecule has 0 amide bonds. The third kappa shape index (κ3) is 2.49. The fraction of sp³-hybridized carbons (Fsp3) is 0.625. The highest BCUT2D eigenvalue weighted by atomic mass is 16.2. The van der Waals surface area contributed by atoms with Gasteiger partial charge >= 0.3 is 0 Å². The second-order valence-electron chi connectivity index (χ2n) is 5.91. The smallest absolute Gasteiger partial charge is 0.0431 e. The predicted octanol–water partition coefficient (Wildman–Crippen LogP) is 2.49. The Morgan fingerprint density at radius 2 is 2.21 bits per heavy atom. The van der Waals surface area contributed by atoms with E-state index in [1.165, 1.54) is 36.9 Å². The van der Waals surface area contributed by atoms with Crippen LogP contribution in [-0.2, 0) is 6.42 Å². The van der Waals surface area contributed by atoms with Crippen molar-refractivity contribution < 1.29 is 5.11 Å². The van der Waals surface area contributed by atoms with Crippen molar-refractivity contribution in [3.63, 3.8) is 0 Å². The van der Waals surface area contributed by atoms with Crippen molar-refractivity contribution in [3.05, 3.63) is 29.3 Å². The van der Waals surface area contributed by atoms with E-state index in [0.717, 1.165) is 24.9 Å². The zero-order chi connectivity index (χ0) is 13.2. The van der Waals surface area contributed by atoms with E-state index in [-0.39, 0.29) is 0 Å². The van der Waals surface area contributed by atoms with Crippen molar-refractivity contribution >= 4 is 5.69 Å². The van der Waals surface area contributed by atoms with Crippen LogP contribution in [0.25, 0.3) is 0 Å². The summed E-state index contributed by atoms with van der Waals surface area (Å²) in [7, 11) is 0. The quantitative estimate of drug-likeness (QED) is 0.818. The molecule has 3 N–H and O–H groups in total. The van der Waals surface area contributed by atoms with Gasteiger partial charge in [-0.3, -0.25) is 4.90 Å². The van der Waals surface area contributed by atoms with Crippen LogP contribution in [0.15, 0.2) is 18.2 Å². The van der Waals surface area contributed by atoms with E-state index in [4.69, 9.17) is 10.8 Å². The molecule has 3 heteroatoms. The molecule has 3 rings (SSSR count). The van der Waals surface area contributed by atoms with Crippen molar-refractivity contribution in [2.75, 3.05) is 18.9 Å². The van der Waals surface area contributed by atoms with E-state index in [1.807, 2.05) is 6.07 Å². The van der Waals surface area contributed by atoms with E-state index >= 15 is 0 Å². The average molecular weight is 260 g/mol. The van der Waals surface area contributed by atoms with Gasteiger partial charge in [-0.15, -0.1) is 0 Å². The van der Waals surface area contributed by atoms with Crippen LogP contribution in [0.5, 0.6) is 0 Å². The summed E-state index contributed by atoms with van der Waals surface area (Å²) in [4.78, 5) is 2.68. The molecule has 2 aliphatic rings. The first-order chi connectivity index (χ1) is 9.29. The number of anilines is 1. The molecule has 0 bridgehead atoms. The predicted molar refractivity (Wildman–Crippen MR) is 78.0 cm³/mol. The first kappa shape index (κ1) is 12.9. The van der Waals surface area contributed by atoms with Crippen molar-refractivity contribution in [1.82, 2.24) is 4.90 Å². The molecule has 0 aromatic heterocycles. The standard InChI is InChI=1S/C16H24N2O/c17-13-6-7-15-12(11-13)5-8-16(15)18-9-1-3-14(18)4-2-10-19/h6-7,11,14,16,19H,1-5,8-10,17H2. The van der Waals surface area contributed by atoms with Gasteiger partial charge in [0, 0.05) is 24.4 Å². The van der Waals surface area contributed by atoms with Crippen molar-refractivity contribution in [1.29, 1.82) is 0 Å². The van der Waals surface area contributed by atoms with Crippen molar-refractivity contribution in [2.45, 2.75) is 50.6 Å². The minimum Gasteiger partial charge on any atom is -0.399 e. The lowest BCUT2D eigenvalue weighted by Crippen LogP contribution is -2.32. The van der Waals surface area contributed by atoms with Gasteiger partial charge in [-0.25, -0.2) is 0 Å². The minimum atomic E-state index is 0.322. The highest BCUT2D eigenvalue weighted by Crippen LogP contribution is 2.40. The molecule has 0 spiro atoms. The third-order valence-electron chi connectivity index (χ3n) is 4.73. The van der Waals surface area contributed by atoms with Gasteiger partial charge < -0.3 is 10.8 Å². The molecule has 104 valence electrons. The van der Waals surface area contributed by atoms with E-state index in [2.05, 4.69) is 17.0 Å². The van der Waals surface area contributed by atoms with E-state index in [0.29, 0.717) is 18.7 Å². The molecule has 19 heavy (non-hydrogen) atoms. The van der Waals surface area contributed by atoms with Gasteiger partial charge in [0.05, 0.1) is 0 Å². The Morgan fingerprint density at radius 1 is 1.32 bits per heavy atom. The maximum atomic E-state index is 9.03. The van der Waals surface area contributed by atoms with Gasteiger partial charge in [0.15, 0.2) is 0 Å². The summed E-state index contributed by atoms with van der Waals surface area (Å²) < 4.78 is 0. The number of aliphatic hydroxyl groups is 1. The lowest BCUT2D eigenvalue weighted by molar-refractivity contribution is 0.161. The van der Waals surface area contributed by atoms with Crippen LogP contribution in [0.1, 0.15) is 49.3 Å². The average Bonchev–Trinajstić information content (AvgIpc) is 3.01. The molecule has 1 aliphatic carbocycles. The molecule has 1 saturated heterocycles. The van der Waals surface area contributed by atoms with Crippen LogP contribution in [0, 0.1) is 0 Å². The molecule has 0 radical (unpaired) electrons. The molecule has 2 unspecified atom stereocenters. The summed E-state index contributed by atoms with van der Waals surface area (Å²) >= 11 is 0. The second-order valence-corrected chi connectivity index (χ2v) is 5.91. The SMILES string of the molecule is Nc1ccc2c(c1)CCC2N1CCCC1CCCO. The monoisotopic (exact) mass is 260 g/mol. The summed E-state index contributed by atoms with van der Waals surface area (Å²) in [6, 6.07) is 7.66. The lowest BCUT2D eigenvalue weighted by Gasteiger charge is -2.31. The third-order valence-corrected chi connectivity index (χ3v) is 4.73. The van der Waals surface area contributed by atoms with Gasteiger partial charge in [-0.1, -0.05) is 6.07 Å².